The van der Waals surface area contributed by atoms with E-state index in [0.717, 1.165) is 39.1 Å². The Morgan fingerprint density at radius 2 is 1.77 bits per heavy atom. The van der Waals surface area contributed by atoms with Crippen molar-refractivity contribution in [2.75, 3.05) is 42.5 Å². The van der Waals surface area contributed by atoms with Crippen LogP contribution in [0.4, 0.5) is 11.6 Å². The minimum Gasteiger partial charge on any atom is -0.365 e. The summed E-state index contributed by atoms with van der Waals surface area (Å²) in [4.78, 5) is 32.0. The molecule has 2 fully saturated rings. The predicted octanol–water partition coefficient (Wildman–Crippen LogP) is 2.75. The van der Waals surface area contributed by atoms with Gasteiger partial charge in [-0.25, -0.2) is 18.4 Å². The number of primary amides is 1. The van der Waals surface area contributed by atoms with Crippen molar-refractivity contribution in [3.63, 3.8) is 0 Å². The van der Waals surface area contributed by atoms with Crippen LogP contribution in [-0.2, 0) is 16.4 Å². The molecule has 0 spiro atoms. The second kappa shape index (κ2) is 10.5. The fourth-order valence-corrected chi connectivity index (χ4v) is 7.17. The number of hydrogen-bond donors (Lipinski definition) is 1. The summed E-state index contributed by atoms with van der Waals surface area (Å²) in [7, 11) is -4.15. The van der Waals surface area contributed by atoms with Crippen LogP contribution in [0.3, 0.4) is 0 Å². The van der Waals surface area contributed by atoms with Crippen LogP contribution in [0.15, 0.2) is 64.9 Å². The number of carbonyl (C=O) groups excluding carboxylic acids is 1. The van der Waals surface area contributed by atoms with Crippen LogP contribution in [0.5, 0.6) is 0 Å². The lowest BCUT2D eigenvalue weighted by Crippen LogP contribution is -2.46. The van der Waals surface area contributed by atoms with Crippen molar-refractivity contribution in [1.29, 1.82) is 0 Å². The molecule has 0 aliphatic carbocycles. The molecule has 1 atom stereocenters. The number of amides is 1. The number of aromatic nitrogens is 3. The number of sulfone groups is 1. The van der Waals surface area contributed by atoms with E-state index in [2.05, 4.69) is 45.5 Å². The van der Waals surface area contributed by atoms with Gasteiger partial charge in [-0.15, -0.1) is 0 Å². The highest BCUT2D eigenvalue weighted by Crippen LogP contribution is 2.39. The smallest absolute Gasteiger partial charge is 0.253 e. The maximum atomic E-state index is 13.9. The molecule has 1 amide bonds. The SMILES string of the molecule is CC1CN(c2nccc(S(=O)(=O)c3cccc(N4CCN(Cc5ccncc5)CC4)n3)c2C(N)=O)C(C)(C)C1. The number of carbonyl (C=O) groups is 1. The van der Waals surface area contributed by atoms with Crippen LogP contribution in [0, 0.1) is 5.92 Å². The molecule has 10 nitrogen and oxygen atoms in total. The van der Waals surface area contributed by atoms with Crippen molar-refractivity contribution < 1.29 is 13.2 Å². The van der Waals surface area contributed by atoms with Crippen molar-refractivity contribution in [1.82, 2.24) is 19.9 Å². The van der Waals surface area contributed by atoms with E-state index in [1.807, 2.05) is 23.1 Å². The molecule has 206 valence electrons. The minimum absolute atomic E-state index is 0.0865. The standard InChI is InChI=1S/C28H35N7O3S/c1-20-17-28(2,3)35(18-20)27-25(26(29)36)22(9-12-31-27)39(37,38)24-6-4-5-23(32-24)34-15-13-33(14-16-34)19-21-7-10-30-11-8-21/h4-12,20H,13-19H2,1-3H3,(H2,29,36). The first-order valence-electron chi connectivity index (χ1n) is 13.2. The maximum absolute atomic E-state index is 13.9. The highest BCUT2D eigenvalue weighted by molar-refractivity contribution is 7.91. The Labute approximate surface area is 229 Å². The van der Waals surface area contributed by atoms with Gasteiger partial charge in [0.25, 0.3) is 5.91 Å². The molecule has 5 rings (SSSR count). The second-order valence-corrected chi connectivity index (χ2v) is 12.9. The molecule has 39 heavy (non-hydrogen) atoms. The summed E-state index contributed by atoms with van der Waals surface area (Å²) in [5.74, 6) is 0.434. The molecule has 2 aliphatic heterocycles. The molecule has 0 saturated carbocycles. The fraction of sp³-hybridized carbons (Fsp3) is 0.429. The summed E-state index contributed by atoms with van der Waals surface area (Å²) >= 11 is 0. The quantitative estimate of drug-likeness (QED) is 0.473. The monoisotopic (exact) mass is 549 g/mol. The van der Waals surface area contributed by atoms with Gasteiger partial charge in [0, 0.05) is 63.4 Å². The molecule has 5 heterocycles. The summed E-state index contributed by atoms with van der Waals surface area (Å²) in [5, 5.41) is -0.118. The van der Waals surface area contributed by atoms with Crippen molar-refractivity contribution in [3.8, 4) is 0 Å². The van der Waals surface area contributed by atoms with E-state index in [0.29, 0.717) is 24.1 Å². The summed E-state index contributed by atoms with van der Waals surface area (Å²) in [6.07, 6.45) is 5.91. The average Bonchev–Trinajstić information content (AvgIpc) is 3.20. The highest BCUT2D eigenvalue weighted by Gasteiger charge is 2.40. The van der Waals surface area contributed by atoms with Crippen molar-refractivity contribution in [2.24, 2.45) is 11.7 Å². The van der Waals surface area contributed by atoms with Crippen LogP contribution in [0.2, 0.25) is 0 Å². The zero-order chi connectivity index (χ0) is 27.8. The lowest BCUT2D eigenvalue weighted by atomic mass is 9.97. The number of nitrogens with two attached hydrogens (primary N) is 1. The number of rotatable bonds is 7. The highest BCUT2D eigenvalue weighted by atomic mass is 32.2. The first-order valence-corrected chi connectivity index (χ1v) is 14.7. The Hall–Kier alpha value is -3.57. The van der Waals surface area contributed by atoms with E-state index in [1.54, 1.807) is 18.5 Å². The van der Waals surface area contributed by atoms with Crippen molar-refractivity contribution in [3.05, 3.63) is 66.1 Å². The first-order chi connectivity index (χ1) is 18.6. The van der Waals surface area contributed by atoms with Crippen LogP contribution in [0.1, 0.15) is 43.1 Å². The molecule has 0 bridgehead atoms. The lowest BCUT2D eigenvalue weighted by molar-refractivity contribution is 0.0997. The zero-order valence-electron chi connectivity index (χ0n) is 22.6. The number of piperazine rings is 1. The number of anilines is 2. The lowest BCUT2D eigenvalue weighted by Gasteiger charge is -2.35. The fourth-order valence-electron chi connectivity index (χ4n) is 5.78. The van der Waals surface area contributed by atoms with Crippen molar-refractivity contribution >= 4 is 27.4 Å². The molecule has 2 N–H and O–H groups in total. The summed E-state index contributed by atoms with van der Waals surface area (Å²) in [5.41, 5.74) is 6.61. The van der Waals surface area contributed by atoms with E-state index < -0.39 is 15.7 Å². The predicted molar refractivity (Wildman–Crippen MR) is 149 cm³/mol. The Morgan fingerprint density at radius 1 is 1.05 bits per heavy atom. The average molecular weight is 550 g/mol. The Morgan fingerprint density at radius 3 is 2.41 bits per heavy atom. The third-order valence-electron chi connectivity index (χ3n) is 7.59. The first kappa shape index (κ1) is 27.0. The zero-order valence-corrected chi connectivity index (χ0v) is 23.4. The van der Waals surface area contributed by atoms with Gasteiger partial charge in [-0.1, -0.05) is 13.0 Å². The molecule has 3 aromatic heterocycles. The van der Waals surface area contributed by atoms with Crippen LogP contribution < -0.4 is 15.5 Å². The van der Waals surface area contributed by atoms with Gasteiger partial charge < -0.3 is 15.5 Å². The third kappa shape index (κ3) is 5.46. The summed E-state index contributed by atoms with van der Waals surface area (Å²) in [6.45, 7) is 10.8. The number of pyridine rings is 3. The molecule has 0 radical (unpaired) electrons. The molecule has 3 aromatic rings. The van der Waals surface area contributed by atoms with Crippen LogP contribution >= 0.6 is 0 Å². The van der Waals surface area contributed by atoms with Gasteiger partial charge in [-0.2, -0.15) is 0 Å². The molecule has 1 unspecified atom stereocenters. The summed E-state index contributed by atoms with van der Waals surface area (Å²) in [6, 6.07) is 10.3. The van der Waals surface area contributed by atoms with E-state index in [1.165, 1.54) is 23.9 Å². The summed E-state index contributed by atoms with van der Waals surface area (Å²) < 4.78 is 27.8. The van der Waals surface area contributed by atoms with Gasteiger partial charge in [0.1, 0.15) is 17.2 Å². The number of hydrogen-bond acceptors (Lipinski definition) is 9. The number of nitrogens with zero attached hydrogens (tertiary/aromatic N) is 6. The van der Waals surface area contributed by atoms with E-state index >= 15 is 0 Å². The maximum Gasteiger partial charge on any atom is 0.253 e. The normalized spacial score (nSPS) is 19.8. The van der Waals surface area contributed by atoms with Gasteiger partial charge in [-0.3, -0.25) is 14.7 Å². The van der Waals surface area contributed by atoms with Gasteiger partial charge in [-0.05, 0) is 62.1 Å². The molecular formula is C28H35N7O3S. The van der Waals surface area contributed by atoms with E-state index in [-0.39, 0.29) is 21.0 Å². The second-order valence-electron chi connectivity index (χ2n) is 11.1. The third-order valence-corrected chi connectivity index (χ3v) is 9.29. The van der Waals surface area contributed by atoms with Crippen LogP contribution in [0.25, 0.3) is 0 Å². The van der Waals surface area contributed by atoms with E-state index in [4.69, 9.17) is 5.73 Å². The Kier molecular flexibility index (Phi) is 7.30. The molecule has 11 heteroatoms. The van der Waals surface area contributed by atoms with Gasteiger partial charge in [0.05, 0.1) is 4.90 Å². The largest absolute Gasteiger partial charge is 0.365 e. The topological polar surface area (TPSA) is 126 Å². The Balaban J connectivity index is 1.41. The molecule has 2 saturated heterocycles. The van der Waals surface area contributed by atoms with Crippen LogP contribution in [-0.4, -0.2) is 72.4 Å². The molecule has 0 aromatic carbocycles. The molecular weight excluding hydrogens is 514 g/mol. The minimum atomic E-state index is -4.15. The van der Waals surface area contributed by atoms with Gasteiger partial charge in [0.2, 0.25) is 9.84 Å². The molecule has 2 aliphatic rings. The van der Waals surface area contributed by atoms with E-state index in [9.17, 15) is 13.2 Å². The van der Waals surface area contributed by atoms with Crippen molar-refractivity contribution in [2.45, 2.75) is 49.2 Å². The van der Waals surface area contributed by atoms with Gasteiger partial charge in [0.15, 0.2) is 5.03 Å². The van der Waals surface area contributed by atoms with Gasteiger partial charge >= 0.3 is 0 Å². The Bertz CT molecular complexity index is 1450.